The van der Waals surface area contributed by atoms with Crippen LogP contribution < -0.4 is 4.72 Å². The highest BCUT2D eigenvalue weighted by Gasteiger charge is 2.40. The van der Waals surface area contributed by atoms with E-state index in [1.165, 1.54) is 11.9 Å². The van der Waals surface area contributed by atoms with E-state index >= 15 is 0 Å². The second kappa shape index (κ2) is 9.97. The minimum Gasteiger partial charge on any atom is -0.335 e. The predicted molar refractivity (Wildman–Crippen MR) is 124 cm³/mol. The van der Waals surface area contributed by atoms with Crippen LogP contribution in [-0.4, -0.2) is 39.0 Å². The van der Waals surface area contributed by atoms with Crippen LogP contribution in [0, 0.1) is 5.92 Å². The molecule has 1 N–H and O–H groups in total. The number of piperidine rings is 1. The molecule has 1 aliphatic carbocycles. The first kappa shape index (κ1) is 22.8. The van der Waals surface area contributed by atoms with Crippen molar-refractivity contribution in [2.24, 2.45) is 5.92 Å². The van der Waals surface area contributed by atoms with Crippen molar-refractivity contribution in [3.8, 4) is 0 Å². The molecule has 1 saturated heterocycles. The molecule has 1 saturated carbocycles. The van der Waals surface area contributed by atoms with Gasteiger partial charge in [0.25, 0.3) is 0 Å². The molecule has 0 aromatic heterocycles. The van der Waals surface area contributed by atoms with Gasteiger partial charge in [-0.2, -0.15) is 11.8 Å². The number of benzene rings is 1. The number of carbonyl (C=O) groups is 2. The van der Waals surface area contributed by atoms with Crippen molar-refractivity contribution in [1.29, 1.82) is 0 Å². The van der Waals surface area contributed by atoms with Gasteiger partial charge in [-0.05, 0) is 67.5 Å². The predicted octanol–water partition coefficient (Wildman–Crippen LogP) is 5.47. The summed E-state index contributed by atoms with van der Waals surface area (Å²) in [5.74, 6) is 0.761. The molecule has 0 bridgehead atoms. The van der Waals surface area contributed by atoms with Gasteiger partial charge in [-0.1, -0.05) is 37.6 Å². The summed E-state index contributed by atoms with van der Waals surface area (Å²) in [4.78, 5) is 27.7. The zero-order valence-corrected chi connectivity index (χ0v) is 19.8. The third-order valence-electron chi connectivity index (χ3n) is 5.63. The van der Waals surface area contributed by atoms with E-state index in [0.29, 0.717) is 16.8 Å². The van der Waals surface area contributed by atoms with E-state index in [4.69, 9.17) is 11.6 Å². The van der Waals surface area contributed by atoms with E-state index in [9.17, 15) is 9.59 Å². The van der Waals surface area contributed by atoms with Crippen LogP contribution in [0.15, 0.2) is 24.3 Å². The van der Waals surface area contributed by atoms with Gasteiger partial charge in [0, 0.05) is 34.4 Å². The number of carbonyl (C=O) groups excluding carboxylic acids is 2. The lowest BCUT2D eigenvalue weighted by molar-refractivity contribution is -0.144. The first-order valence-electron chi connectivity index (χ1n) is 10.4. The normalized spacial score (nSPS) is 23.3. The average Bonchev–Trinajstić information content (AvgIpc) is 3.41. The molecular weight excluding hydrogens is 424 g/mol. The van der Waals surface area contributed by atoms with E-state index in [1.54, 1.807) is 0 Å². The lowest BCUT2D eigenvalue weighted by Gasteiger charge is -2.39. The fourth-order valence-corrected chi connectivity index (χ4v) is 5.27. The summed E-state index contributed by atoms with van der Waals surface area (Å²) in [6, 6.07) is 7.87. The highest BCUT2D eigenvalue weighted by atomic mass is 35.5. The number of hydrogen-bond acceptors (Lipinski definition) is 4. The molecule has 1 aromatic rings. The molecule has 1 aliphatic heterocycles. The van der Waals surface area contributed by atoms with Gasteiger partial charge in [0.05, 0.1) is 6.04 Å². The third kappa shape index (κ3) is 6.56. The van der Waals surface area contributed by atoms with Gasteiger partial charge in [-0.15, -0.1) is 0 Å². The van der Waals surface area contributed by atoms with Crippen molar-refractivity contribution in [3.63, 3.8) is 0 Å². The number of amides is 2. The Labute approximate surface area is 188 Å². The van der Waals surface area contributed by atoms with Gasteiger partial charge in [-0.25, -0.2) is 0 Å². The topological polar surface area (TPSA) is 49.4 Å². The zero-order chi connectivity index (χ0) is 21.0. The number of nitrogens with zero attached hydrogens (tertiary/aromatic N) is 1. The molecule has 7 heteroatoms. The maximum atomic E-state index is 13.3. The number of thioether (sulfide) groups is 1. The standard InChI is InChI=1S/C22H31ClN2O2S2/c1-15(2)28-13-12-25-19(16-4-7-18(23)8-5-16)9-6-17(21(25)27)14-20(26)24-29-22(3)10-11-22/h4-5,7-8,15,17,19H,6,9-14H2,1-3H3,(H,24,26). The van der Waals surface area contributed by atoms with Crippen LogP contribution >= 0.6 is 35.3 Å². The smallest absolute Gasteiger partial charge is 0.230 e. The van der Waals surface area contributed by atoms with Gasteiger partial charge in [-0.3, -0.25) is 14.3 Å². The molecule has 3 rings (SSSR count). The van der Waals surface area contributed by atoms with Gasteiger partial charge < -0.3 is 4.90 Å². The SMILES string of the molecule is CC(C)SCCN1C(=O)C(CC(=O)NSC2(C)CC2)CCC1c1ccc(Cl)cc1. The first-order valence-corrected chi connectivity index (χ1v) is 12.7. The molecule has 0 spiro atoms. The molecule has 160 valence electrons. The molecule has 1 heterocycles. The quantitative estimate of drug-likeness (QED) is 0.502. The lowest BCUT2D eigenvalue weighted by atomic mass is 9.86. The summed E-state index contributed by atoms with van der Waals surface area (Å²) in [6.45, 7) is 7.21. The van der Waals surface area contributed by atoms with Crippen LogP contribution in [-0.2, 0) is 9.59 Å². The summed E-state index contributed by atoms with van der Waals surface area (Å²) in [7, 11) is 0. The summed E-state index contributed by atoms with van der Waals surface area (Å²) >= 11 is 9.43. The minimum absolute atomic E-state index is 0.0251. The Morgan fingerprint density at radius 3 is 2.59 bits per heavy atom. The van der Waals surface area contributed by atoms with E-state index in [0.717, 1.165) is 37.0 Å². The molecule has 0 radical (unpaired) electrons. The van der Waals surface area contributed by atoms with Gasteiger partial charge in [0.1, 0.15) is 0 Å². The first-order chi connectivity index (χ1) is 13.8. The molecule has 2 fully saturated rings. The zero-order valence-electron chi connectivity index (χ0n) is 17.4. The van der Waals surface area contributed by atoms with Crippen molar-refractivity contribution in [2.75, 3.05) is 12.3 Å². The molecular formula is C22H31ClN2O2S2. The number of likely N-dealkylation sites (tertiary alicyclic amines) is 1. The molecule has 2 unspecified atom stereocenters. The van der Waals surface area contributed by atoms with Crippen molar-refractivity contribution in [3.05, 3.63) is 34.9 Å². The maximum absolute atomic E-state index is 13.3. The Hall–Kier alpha value is -0.850. The Balaban J connectivity index is 1.64. The highest BCUT2D eigenvalue weighted by molar-refractivity contribution is 8.00. The molecule has 4 nitrogen and oxygen atoms in total. The molecule has 2 atom stereocenters. The fourth-order valence-electron chi connectivity index (χ4n) is 3.62. The van der Waals surface area contributed by atoms with Crippen molar-refractivity contribution in [2.45, 2.75) is 68.9 Å². The second-order valence-electron chi connectivity index (χ2n) is 8.57. The Kier molecular flexibility index (Phi) is 7.85. The number of nitrogens with one attached hydrogen (secondary N) is 1. The van der Waals surface area contributed by atoms with Gasteiger partial charge in [0.15, 0.2) is 0 Å². The monoisotopic (exact) mass is 454 g/mol. The highest BCUT2D eigenvalue weighted by Crippen LogP contribution is 2.46. The minimum atomic E-state index is -0.227. The molecule has 29 heavy (non-hydrogen) atoms. The Morgan fingerprint density at radius 1 is 1.28 bits per heavy atom. The average molecular weight is 455 g/mol. The Morgan fingerprint density at radius 2 is 1.97 bits per heavy atom. The van der Waals surface area contributed by atoms with E-state index in [2.05, 4.69) is 25.5 Å². The van der Waals surface area contributed by atoms with Crippen LogP contribution in [0.2, 0.25) is 5.02 Å². The van der Waals surface area contributed by atoms with Crippen molar-refractivity contribution in [1.82, 2.24) is 9.62 Å². The van der Waals surface area contributed by atoms with Crippen LogP contribution in [0.4, 0.5) is 0 Å². The number of hydrogen-bond donors (Lipinski definition) is 1. The molecule has 1 aromatic carbocycles. The number of rotatable bonds is 9. The summed E-state index contributed by atoms with van der Waals surface area (Å²) in [5.41, 5.74) is 1.12. The molecule has 2 aliphatic rings. The van der Waals surface area contributed by atoms with Gasteiger partial charge in [0.2, 0.25) is 11.8 Å². The summed E-state index contributed by atoms with van der Waals surface area (Å²) in [5, 5.41) is 1.24. The van der Waals surface area contributed by atoms with Crippen LogP contribution in [0.25, 0.3) is 0 Å². The van der Waals surface area contributed by atoms with E-state index < -0.39 is 0 Å². The van der Waals surface area contributed by atoms with Crippen LogP contribution in [0.5, 0.6) is 0 Å². The second-order valence-corrected chi connectivity index (χ2v) is 12.1. The third-order valence-corrected chi connectivity index (χ3v) is 8.20. The van der Waals surface area contributed by atoms with Crippen LogP contribution in [0.1, 0.15) is 64.5 Å². The molecule has 2 amide bonds. The summed E-state index contributed by atoms with van der Waals surface area (Å²) in [6.07, 6.45) is 4.19. The summed E-state index contributed by atoms with van der Waals surface area (Å²) < 4.78 is 3.16. The van der Waals surface area contributed by atoms with Gasteiger partial charge >= 0.3 is 0 Å². The maximum Gasteiger partial charge on any atom is 0.230 e. The number of halogens is 1. The fraction of sp³-hybridized carbons (Fsp3) is 0.636. The van der Waals surface area contributed by atoms with Crippen molar-refractivity contribution >= 4 is 47.1 Å². The Bertz CT molecular complexity index is 722. The largest absolute Gasteiger partial charge is 0.335 e. The lowest BCUT2D eigenvalue weighted by Crippen LogP contribution is -2.45. The van der Waals surface area contributed by atoms with Crippen molar-refractivity contribution < 1.29 is 9.59 Å². The van der Waals surface area contributed by atoms with E-state index in [-0.39, 0.29) is 34.9 Å². The van der Waals surface area contributed by atoms with E-state index in [1.807, 2.05) is 40.9 Å². The van der Waals surface area contributed by atoms with Crippen LogP contribution in [0.3, 0.4) is 0 Å².